The zero-order chi connectivity index (χ0) is 21.0. The van der Waals surface area contributed by atoms with Gasteiger partial charge < -0.3 is 5.32 Å². The summed E-state index contributed by atoms with van der Waals surface area (Å²) in [4.78, 5) is 24.9. The van der Waals surface area contributed by atoms with Crippen LogP contribution in [0, 0.1) is 23.2 Å². The lowest BCUT2D eigenvalue weighted by atomic mass is 9.49. The van der Waals surface area contributed by atoms with E-state index in [2.05, 4.69) is 32.3 Å². The van der Waals surface area contributed by atoms with Gasteiger partial charge in [-0.2, -0.15) is 0 Å². The molecule has 1 aromatic carbocycles. The first-order valence-corrected chi connectivity index (χ1v) is 12.1. The number of benzene rings is 1. The topological polar surface area (TPSA) is 58.1 Å². The lowest BCUT2D eigenvalue weighted by Gasteiger charge is -2.55. The normalized spacial score (nSPS) is 31.5. The molecule has 4 fully saturated rings. The average Bonchev–Trinajstić information content (AvgIpc) is 2.74. The molecule has 0 spiro atoms. The lowest BCUT2D eigenvalue weighted by molar-refractivity contribution is -0.140. The molecule has 4 bridgehead atoms. The van der Waals surface area contributed by atoms with Gasteiger partial charge in [-0.25, -0.2) is 9.97 Å². The number of rotatable bonds is 4. The average molecular weight is 437 g/mol. The molecule has 1 amide bonds. The molecular weight excluding hydrogens is 408 g/mol. The van der Waals surface area contributed by atoms with E-state index < -0.39 is 0 Å². The maximum atomic E-state index is 13.5. The number of hydrogen-bond acceptors (Lipinski definition) is 4. The molecule has 2 heterocycles. The molecular formula is C25H29ClN4O. The molecule has 0 atom stereocenters. The van der Waals surface area contributed by atoms with E-state index in [1.54, 1.807) is 6.33 Å². The van der Waals surface area contributed by atoms with Crippen molar-refractivity contribution in [3.63, 3.8) is 0 Å². The van der Waals surface area contributed by atoms with Crippen LogP contribution >= 0.6 is 11.6 Å². The van der Waals surface area contributed by atoms with E-state index in [0.717, 1.165) is 85.2 Å². The first kappa shape index (κ1) is 19.7. The zero-order valence-corrected chi connectivity index (χ0v) is 18.6. The van der Waals surface area contributed by atoms with Crippen LogP contribution in [-0.2, 0) is 24.3 Å². The van der Waals surface area contributed by atoms with Crippen molar-refractivity contribution in [2.45, 2.75) is 58.0 Å². The molecule has 5 aliphatic rings. The maximum Gasteiger partial charge on any atom is 0.231 e. The fourth-order valence-electron chi connectivity index (χ4n) is 7.13. The fraction of sp³-hybridized carbons (Fsp3) is 0.560. The number of fused-ring (bicyclic) bond motifs is 1. The number of anilines is 1. The monoisotopic (exact) mass is 436 g/mol. The SMILES string of the molecule is O=C(Nc1ncnc2c1CCN(Cc1ccc(Cl)cc1)C2)C12CC3CC(CC(C3)C1)C2. The smallest absolute Gasteiger partial charge is 0.231 e. The van der Waals surface area contributed by atoms with E-state index >= 15 is 0 Å². The van der Waals surface area contributed by atoms with E-state index in [9.17, 15) is 4.79 Å². The van der Waals surface area contributed by atoms with Gasteiger partial charge in [0.15, 0.2) is 0 Å². The van der Waals surface area contributed by atoms with Crippen LogP contribution in [0.4, 0.5) is 5.82 Å². The molecule has 0 unspecified atom stereocenters. The molecule has 5 nitrogen and oxygen atoms in total. The fourth-order valence-corrected chi connectivity index (χ4v) is 7.25. The molecule has 31 heavy (non-hydrogen) atoms. The predicted molar refractivity (Wildman–Crippen MR) is 121 cm³/mol. The summed E-state index contributed by atoms with van der Waals surface area (Å²) < 4.78 is 0. The Morgan fingerprint density at radius 2 is 1.74 bits per heavy atom. The number of nitrogens with zero attached hydrogens (tertiary/aromatic N) is 3. The zero-order valence-electron chi connectivity index (χ0n) is 17.8. The quantitative estimate of drug-likeness (QED) is 0.744. The first-order valence-electron chi connectivity index (χ1n) is 11.7. The van der Waals surface area contributed by atoms with Crippen molar-refractivity contribution in [3.05, 3.63) is 52.4 Å². The number of aromatic nitrogens is 2. The van der Waals surface area contributed by atoms with E-state index in [1.807, 2.05) is 12.1 Å². The molecule has 1 N–H and O–H groups in total. The van der Waals surface area contributed by atoms with Crippen LogP contribution in [0.3, 0.4) is 0 Å². The highest BCUT2D eigenvalue weighted by atomic mass is 35.5. The van der Waals surface area contributed by atoms with Crippen LogP contribution in [0.25, 0.3) is 0 Å². The van der Waals surface area contributed by atoms with Gasteiger partial charge in [-0.3, -0.25) is 9.69 Å². The highest BCUT2D eigenvalue weighted by Crippen LogP contribution is 2.60. The van der Waals surface area contributed by atoms with Crippen LogP contribution < -0.4 is 5.32 Å². The molecule has 4 saturated carbocycles. The van der Waals surface area contributed by atoms with Gasteiger partial charge in [0.2, 0.25) is 5.91 Å². The van der Waals surface area contributed by atoms with Crippen molar-refractivity contribution in [2.75, 3.05) is 11.9 Å². The van der Waals surface area contributed by atoms with Gasteiger partial charge in [0.05, 0.1) is 11.1 Å². The lowest BCUT2D eigenvalue weighted by Crippen LogP contribution is -2.52. The minimum Gasteiger partial charge on any atom is -0.310 e. The summed E-state index contributed by atoms with van der Waals surface area (Å²) in [7, 11) is 0. The van der Waals surface area contributed by atoms with Gasteiger partial charge >= 0.3 is 0 Å². The van der Waals surface area contributed by atoms with Crippen molar-refractivity contribution in [1.82, 2.24) is 14.9 Å². The molecule has 0 radical (unpaired) electrons. The minimum absolute atomic E-state index is 0.151. The van der Waals surface area contributed by atoms with Crippen LogP contribution in [0.5, 0.6) is 0 Å². The van der Waals surface area contributed by atoms with Gasteiger partial charge in [0.1, 0.15) is 12.1 Å². The Morgan fingerprint density at radius 1 is 1.06 bits per heavy atom. The van der Waals surface area contributed by atoms with Crippen LogP contribution in [0.15, 0.2) is 30.6 Å². The Labute approximate surface area is 188 Å². The van der Waals surface area contributed by atoms with Crippen molar-refractivity contribution in [1.29, 1.82) is 0 Å². The van der Waals surface area contributed by atoms with Crippen molar-refractivity contribution < 1.29 is 4.79 Å². The third-order valence-corrected chi connectivity index (χ3v) is 8.41. The van der Waals surface area contributed by atoms with Gasteiger partial charge in [-0.15, -0.1) is 0 Å². The Balaban J connectivity index is 1.17. The highest BCUT2D eigenvalue weighted by molar-refractivity contribution is 6.30. The largest absolute Gasteiger partial charge is 0.310 e. The molecule has 1 aliphatic heterocycles. The standard InChI is InChI=1S/C25H29ClN4O/c26-20-3-1-16(2-4-20)13-30-6-5-21-22(14-30)27-15-28-23(21)29-24(31)25-10-17-7-18(11-25)9-19(8-17)12-25/h1-4,15,17-19H,5-14H2,(H,27,28,29,31). The third kappa shape index (κ3) is 3.66. The second-order valence-corrected chi connectivity index (χ2v) is 10.8. The number of amides is 1. The highest BCUT2D eigenvalue weighted by Gasteiger charge is 2.54. The van der Waals surface area contributed by atoms with E-state index in [4.69, 9.17) is 11.6 Å². The Kier molecular flexibility index (Phi) is 4.80. The molecule has 4 aliphatic carbocycles. The summed E-state index contributed by atoms with van der Waals surface area (Å²) in [5.74, 6) is 3.25. The Bertz CT molecular complexity index is 970. The Morgan fingerprint density at radius 3 is 2.42 bits per heavy atom. The number of carbonyl (C=O) groups is 1. The number of nitrogens with one attached hydrogen (secondary N) is 1. The first-order chi connectivity index (χ1) is 15.1. The van der Waals surface area contributed by atoms with E-state index in [1.165, 1.54) is 24.8 Å². The summed E-state index contributed by atoms with van der Waals surface area (Å²) in [5, 5.41) is 4.04. The van der Waals surface area contributed by atoms with Gasteiger partial charge in [0, 0.05) is 30.2 Å². The van der Waals surface area contributed by atoms with Crippen LogP contribution in [0.1, 0.15) is 55.3 Å². The summed E-state index contributed by atoms with van der Waals surface area (Å²) in [5.41, 5.74) is 3.25. The van der Waals surface area contributed by atoms with Crippen LogP contribution in [0.2, 0.25) is 5.02 Å². The van der Waals surface area contributed by atoms with Crippen LogP contribution in [-0.4, -0.2) is 27.3 Å². The molecule has 162 valence electrons. The second kappa shape index (κ2) is 7.56. The predicted octanol–water partition coefficient (Wildman–Crippen LogP) is 4.84. The number of carbonyl (C=O) groups excluding carboxylic acids is 1. The van der Waals surface area contributed by atoms with E-state index in [-0.39, 0.29) is 11.3 Å². The molecule has 0 saturated heterocycles. The van der Waals surface area contributed by atoms with Gasteiger partial charge in [-0.05, 0) is 80.4 Å². The second-order valence-electron chi connectivity index (χ2n) is 10.4. The molecule has 2 aromatic rings. The molecule has 6 heteroatoms. The van der Waals surface area contributed by atoms with Crippen molar-refractivity contribution in [3.8, 4) is 0 Å². The minimum atomic E-state index is -0.151. The summed E-state index contributed by atoms with van der Waals surface area (Å²) in [6, 6.07) is 8.04. The van der Waals surface area contributed by atoms with Crippen molar-refractivity contribution >= 4 is 23.3 Å². The summed E-state index contributed by atoms with van der Waals surface area (Å²) in [6.45, 7) is 2.58. The van der Waals surface area contributed by atoms with E-state index in [0.29, 0.717) is 0 Å². The van der Waals surface area contributed by atoms with Gasteiger partial charge in [-0.1, -0.05) is 23.7 Å². The molecule has 1 aromatic heterocycles. The van der Waals surface area contributed by atoms with Gasteiger partial charge in [0.25, 0.3) is 0 Å². The number of hydrogen-bond donors (Lipinski definition) is 1. The van der Waals surface area contributed by atoms with Crippen molar-refractivity contribution in [2.24, 2.45) is 23.2 Å². The molecule has 7 rings (SSSR count). The Hall–Kier alpha value is -1.98. The summed E-state index contributed by atoms with van der Waals surface area (Å²) in [6.07, 6.45) is 9.74. The maximum absolute atomic E-state index is 13.5. The third-order valence-electron chi connectivity index (χ3n) is 8.16. The summed E-state index contributed by atoms with van der Waals surface area (Å²) >= 11 is 6.01. The number of halogens is 1.